The number of ether oxygens (including phenoxy) is 1. The van der Waals surface area contributed by atoms with E-state index in [-0.39, 0.29) is 18.4 Å². The van der Waals surface area contributed by atoms with Crippen LogP contribution in [0.25, 0.3) is 0 Å². The van der Waals surface area contributed by atoms with Gasteiger partial charge in [-0.15, -0.1) is 0 Å². The molecule has 74 valence electrons. The van der Waals surface area contributed by atoms with Crippen molar-refractivity contribution in [3.8, 4) is 0 Å². The molecule has 0 aliphatic carbocycles. The predicted molar refractivity (Wildman–Crippen MR) is 41.8 cm³/mol. The molecule has 2 unspecified atom stereocenters. The van der Waals surface area contributed by atoms with Crippen LogP contribution in [0.2, 0.25) is 0 Å². The van der Waals surface area contributed by atoms with Gasteiger partial charge in [0.2, 0.25) is 0 Å². The van der Waals surface area contributed by atoms with Gasteiger partial charge in [-0.05, 0) is 0 Å². The zero-order valence-electron chi connectivity index (χ0n) is 7.08. The molecule has 3 heterocycles. The summed E-state index contributed by atoms with van der Waals surface area (Å²) in [5.74, 6) is 0. The normalized spacial score (nSPS) is 60.2. The van der Waals surface area contributed by atoms with E-state index in [0.29, 0.717) is 13.0 Å². The molecule has 0 spiro atoms. The molecular formula is C8H13NO4. The Morgan fingerprint density at radius 1 is 1.15 bits per heavy atom. The van der Waals surface area contributed by atoms with Gasteiger partial charge in [-0.3, -0.25) is 4.90 Å². The number of fused-ring (bicyclic) bond motifs is 3. The molecule has 0 amide bonds. The highest BCUT2D eigenvalue weighted by atomic mass is 16.6. The molecule has 3 fully saturated rings. The third-order valence-electron chi connectivity index (χ3n) is 3.28. The molecule has 13 heavy (non-hydrogen) atoms. The minimum absolute atomic E-state index is 0.0280. The lowest BCUT2D eigenvalue weighted by Crippen LogP contribution is -2.50. The van der Waals surface area contributed by atoms with Crippen LogP contribution in [0.1, 0.15) is 6.42 Å². The zero-order chi connectivity index (χ0) is 9.16. The number of aliphatic hydroxyl groups excluding tert-OH is 3. The molecule has 5 heteroatoms. The third kappa shape index (κ3) is 0.992. The van der Waals surface area contributed by atoms with Gasteiger partial charge in [-0.25, -0.2) is 0 Å². The highest BCUT2D eigenvalue weighted by Gasteiger charge is 2.59. The lowest BCUT2D eigenvalue weighted by atomic mass is 9.97. The van der Waals surface area contributed by atoms with Gasteiger partial charge in [0.25, 0.3) is 0 Å². The second-order valence-electron chi connectivity index (χ2n) is 4.11. The van der Waals surface area contributed by atoms with Crippen LogP contribution >= 0.6 is 0 Å². The van der Waals surface area contributed by atoms with Crippen molar-refractivity contribution < 1.29 is 20.1 Å². The largest absolute Gasteiger partial charge is 0.391 e. The maximum absolute atomic E-state index is 9.67. The van der Waals surface area contributed by atoms with Crippen LogP contribution in [0.15, 0.2) is 0 Å². The Balaban J connectivity index is 1.87. The molecule has 3 aliphatic heterocycles. The summed E-state index contributed by atoms with van der Waals surface area (Å²) in [6.07, 6.45) is -1.43. The molecule has 5 nitrogen and oxygen atoms in total. The first-order chi connectivity index (χ1) is 6.18. The molecule has 0 saturated carbocycles. The minimum atomic E-state index is -0.833. The van der Waals surface area contributed by atoms with Crippen LogP contribution in [0.3, 0.4) is 0 Å². The molecule has 3 rings (SSSR count). The highest BCUT2D eigenvalue weighted by Crippen LogP contribution is 2.42. The molecule has 0 bridgehead atoms. The Morgan fingerprint density at radius 3 is 2.69 bits per heavy atom. The number of hydrogen-bond donors (Lipinski definition) is 3. The fraction of sp³-hybridized carbons (Fsp3) is 1.00. The molecule has 3 saturated heterocycles. The summed E-state index contributed by atoms with van der Waals surface area (Å²) in [5, 5.41) is 28.7. The molecule has 3 aliphatic rings. The number of hydrogen-bond acceptors (Lipinski definition) is 5. The van der Waals surface area contributed by atoms with Gasteiger partial charge in [0, 0.05) is 13.0 Å². The Labute approximate surface area is 75.5 Å². The summed E-state index contributed by atoms with van der Waals surface area (Å²) in [7, 11) is 0. The van der Waals surface area contributed by atoms with Crippen molar-refractivity contribution >= 4 is 0 Å². The van der Waals surface area contributed by atoms with E-state index >= 15 is 0 Å². The lowest BCUT2D eigenvalue weighted by molar-refractivity contribution is -0.0266. The van der Waals surface area contributed by atoms with Gasteiger partial charge in [0.05, 0.1) is 24.4 Å². The van der Waals surface area contributed by atoms with Crippen LogP contribution < -0.4 is 0 Å². The fourth-order valence-corrected chi connectivity index (χ4v) is 2.57. The summed E-state index contributed by atoms with van der Waals surface area (Å²) in [6.45, 7) is 0.407. The average molecular weight is 187 g/mol. The van der Waals surface area contributed by atoms with Crippen LogP contribution in [-0.4, -0.2) is 63.4 Å². The maximum atomic E-state index is 9.67. The average Bonchev–Trinajstić information content (AvgIpc) is 2.76. The molecular weight excluding hydrogens is 174 g/mol. The smallest absolute Gasteiger partial charge is 0.138 e. The number of nitrogens with zero attached hydrogens (tertiary/aromatic N) is 1. The number of piperidine rings is 1. The lowest BCUT2D eigenvalue weighted by Gasteiger charge is -2.31. The van der Waals surface area contributed by atoms with Crippen LogP contribution in [-0.2, 0) is 4.74 Å². The maximum Gasteiger partial charge on any atom is 0.138 e. The molecule has 0 aromatic carbocycles. The first-order valence-corrected chi connectivity index (χ1v) is 4.64. The Bertz CT molecular complexity index is 236. The van der Waals surface area contributed by atoms with E-state index in [1.54, 1.807) is 0 Å². The van der Waals surface area contributed by atoms with E-state index < -0.39 is 18.3 Å². The van der Waals surface area contributed by atoms with Gasteiger partial charge < -0.3 is 20.1 Å². The van der Waals surface area contributed by atoms with Crippen molar-refractivity contribution in [3.05, 3.63) is 0 Å². The first kappa shape index (κ1) is 8.14. The predicted octanol–water partition coefficient (Wildman–Crippen LogP) is -2.12. The minimum Gasteiger partial charge on any atom is -0.391 e. The number of rotatable bonds is 0. The van der Waals surface area contributed by atoms with Crippen molar-refractivity contribution in [2.45, 2.75) is 43.1 Å². The summed E-state index contributed by atoms with van der Waals surface area (Å²) in [6, 6.07) is -0.334. The van der Waals surface area contributed by atoms with E-state index in [4.69, 9.17) is 4.74 Å². The summed E-state index contributed by atoms with van der Waals surface area (Å²) >= 11 is 0. The van der Waals surface area contributed by atoms with Crippen molar-refractivity contribution in [3.63, 3.8) is 0 Å². The molecule has 0 aromatic heterocycles. The number of epoxide rings is 1. The van der Waals surface area contributed by atoms with E-state index in [9.17, 15) is 15.3 Å². The zero-order valence-corrected chi connectivity index (χ0v) is 7.08. The standard InChI is InChI=1S/C8H13NO4/c10-3-1-5-8(13-5)9-2-4(11)7(12)6(3)9/h3-8,10-12H,1-2H2/t3-,4-,5?,6-,7-,8?/m1/s1. The fourth-order valence-electron chi connectivity index (χ4n) is 2.57. The van der Waals surface area contributed by atoms with Crippen LogP contribution in [0.5, 0.6) is 0 Å². The van der Waals surface area contributed by atoms with Gasteiger partial charge in [0.15, 0.2) is 0 Å². The van der Waals surface area contributed by atoms with E-state index in [0.717, 1.165) is 0 Å². The van der Waals surface area contributed by atoms with Gasteiger partial charge in [-0.2, -0.15) is 0 Å². The topological polar surface area (TPSA) is 76.5 Å². The Morgan fingerprint density at radius 2 is 1.92 bits per heavy atom. The SMILES string of the molecule is O[C@H]1[C@H]2[C@H](O)CC3OC3N2C[C@H]1O. The second kappa shape index (κ2) is 2.43. The van der Waals surface area contributed by atoms with Crippen LogP contribution in [0.4, 0.5) is 0 Å². The van der Waals surface area contributed by atoms with Crippen molar-refractivity contribution in [2.75, 3.05) is 6.54 Å². The Hall–Kier alpha value is -0.200. The Kier molecular flexibility index (Phi) is 1.52. The van der Waals surface area contributed by atoms with Crippen molar-refractivity contribution in [2.24, 2.45) is 0 Å². The quantitative estimate of drug-likeness (QED) is 0.378. The third-order valence-corrected chi connectivity index (χ3v) is 3.28. The molecule has 0 radical (unpaired) electrons. The first-order valence-electron chi connectivity index (χ1n) is 4.64. The van der Waals surface area contributed by atoms with E-state index in [2.05, 4.69) is 0 Å². The van der Waals surface area contributed by atoms with Crippen LogP contribution in [0, 0.1) is 0 Å². The van der Waals surface area contributed by atoms with Gasteiger partial charge in [0.1, 0.15) is 12.3 Å². The summed E-state index contributed by atoms with van der Waals surface area (Å²) < 4.78 is 5.30. The molecule has 3 N–H and O–H groups in total. The monoisotopic (exact) mass is 187 g/mol. The van der Waals surface area contributed by atoms with Crippen molar-refractivity contribution in [1.82, 2.24) is 4.90 Å². The van der Waals surface area contributed by atoms with E-state index in [1.165, 1.54) is 0 Å². The molecule has 6 atom stereocenters. The second-order valence-corrected chi connectivity index (χ2v) is 4.11. The highest BCUT2D eigenvalue weighted by molar-refractivity contribution is 5.07. The molecule has 0 aromatic rings. The van der Waals surface area contributed by atoms with Gasteiger partial charge >= 0.3 is 0 Å². The van der Waals surface area contributed by atoms with Gasteiger partial charge in [-0.1, -0.05) is 0 Å². The number of aliphatic hydroxyl groups is 3. The summed E-state index contributed by atoms with van der Waals surface area (Å²) in [5.41, 5.74) is 0. The van der Waals surface area contributed by atoms with Crippen molar-refractivity contribution in [1.29, 1.82) is 0 Å². The van der Waals surface area contributed by atoms with E-state index in [1.807, 2.05) is 4.90 Å². The summed E-state index contributed by atoms with van der Waals surface area (Å²) in [4.78, 5) is 1.87.